The van der Waals surface area contributed by atoms with Crippen molar-refractivity contribution in [1.29, 1.82) is 0 Å². The first kappa shape index (κ1) is 80.3. The van der Waals surface area contributed by atoms with E-state index in [1.807, 2.05) is 164 Å². The highest BCUT2D eigenvalue weighted by Gasteiger charge is 2.60. The lowest BCUT2D eigenvalue weighted by molar-refractivity contribution is -0.243. The number of carbonyl (C=O) groups excluding carboxylic acids is 4. The van der Waals surface area contributed by atoms with Crippen LogP contribution in [-0.4, -0.2) is 95.2 Å². The lowest BCUT2D eigenvalue weighted by Gasteiger charge is -2.56. The Morgan fingerprint density at radius 2 is 0.839 bits per heavy atom. The van der Waals surface area contributed by atoms with Gasteiger partial charge in [-0.2, -0.15) is 0 Å². The molecule has 0 aromatic rings. The second-order valence-electron chi connectivity index (χ2n) is 29.3. The number of allylic oxidation sites excluding steroid dienone is 34. The number of hydrogen-bond acceptors (Lipinski definition) is 11. The van der Waals surface area contributed by atoms with E-state index in [0.29, 0.717) is 48.8 Å². The molecule has 6 N–H and O–H groups in total. The molecule has 0 spiro atoms. The maximum atomic E-state index is 13.0. The summed E-state index contributed by atoms with van der Waals surface area (Å²) in [5.74, 6) is -0.933. The summed E-state index contributed by atoms with van der Waals surface area (Å²) in [6, 6.07) is 0. The van der Waals surface area contributed by atoms with Crippen LogP contribution in [0.15, 0.2) is 230 Å². The van der Waals surface area contributed by atoms with Gasteiger partial charge in [-0.3, -0.25) is 19.2 Å². The average Bonchev–Trinajstić information content (AvgIpc) is 0.741. The van der Waals surface area contributed by atoms with Crippen molar-refractivity contribution in [2.24, 2.45) is 21.7 Å². The molecule has 93 heavy (non-hydrogen) atoms. The zero-order chi connectivity index (χ0) is 70.7. The summed E-state index contributed by atoms with van der Waals surface area (Å²) in [6.07, 6.45) is 48.6. The van der Waals surface area contributed by atoms with Gasteiger partial charge < -0.3 is 35.4 Å². The predicted octanol–water partition coefficient (Wildman–Crippen LogP) is 16.6. The second-order valence-corrected chi connectivity index (χ2v) is 29.3. The second kappa shape index (κ2) is 34.5. The van der Waals surface area contributed by atoms with E-state index in [1.54, 1.807) is 53.7 Å². The van der Waals surface area contributed by atoms with Crippen LogP contribution in [0.1, 0.15) is 190 Å². The Balaban J connectivity index is 0.000000488. The molecule has 506 valence electrons. The number of esters is 1. The normalized spacial score (nSPS) is 28.1. The molecule has 7 atom stereocenters. The van der Waals surface area contributed by atoms with Crippen molar-refractivity contribution in [3.05, 3.63) is 230 Å². The van der Waals surface area contributed by atoms with E-state index in [9.17, 15) is 49.8 Å². The van der Waals surface area contributed by atoms with E-state index in [4.69, 9.17) is 4.74 Å². The number of aliphatic hydroxyl groups is 6. The van der Waals surface area contributed by atoms with Crippen LogP contribution in [0, 0.1) is 21.7 Å². The largest absolute Gasteiger partial charge is 0.462 e. The lowest BCUT2D eigenvalue weighted by atomic mass is 9.56. The molecule has 0 saturated heterocycles. The van der Waals surface area contributed by atoms with Crippen LogP contribution in [0.25, 0.3) is 0 Å². The summed E-state index contributed by atoms with van der Waals surface area (Å²) >= 11 is 0. The third-order valence-electron chi connectivity index (χ3n) is 18.2. The average molecular weight is 1270 g/mol. The fourth-order valence-electron chi connectivity index (χ4n) is 12.8. The number of rotatable bonds is 21. The molecule has 2 fully saturated rings. The number of ether oxygens (including phenoxy) is 1. The summed E-state index contributed by atoms with van der Waals surface area (Å²) < 4.78 is 5.41. The SMILES string of the molecule is CC(=O)OC1CC(C)(C)C(=C=C/C(C)=C/C=C/C(C)=C/C=C/C=C(C)/C=C/C=C(\C)C(=O)CC2(O)C(C)(C)CC(O)CC2(C)O)C(C)(O)C1.CC1=C(/C=C/C(C)=C/C=C/C(C)=C/C=C/C=C(C)/C=C/C=C(C)/C=C/C2=C(C)C(=O)C(O)CC2(C)C)C(C)(C)CC(O)C1=O. The number of aliphatic hydroxyl groups excluding tert-OH is 3. The topological polar surface area (TPSA) is 199 Å². The van der Waals surface area contributed by atoms with Crippen molar-refractivity contribution in [2.75, 3.05) is 0 Å². The van der Waals surface area contributed by atoms with Crippen LogP contribution in [0.2, 0.25) is 0 Å². The quantitative estimate of drug-likeness (QED) is 0.0277. The fraction of sp³-hybridized carbons (Fsp3) is 0.476. The van der Waals surface area contributed by atoms with Gasteiger partial charge in [0.05, 0.1) is 17.3 Å². The van der Waals surface area contributed by atoms with E-state index < -0.39 is 40.5 Å². The van der Waals surface area contributed by atoms with Crippen LogP contribution in [0.4, 0.5) is 0 Å². The molecule has 0 aromatic carbocycles. The summed E-state index contributed by atoms with van der Waals surface area (Å²) in [7, 11) is 0. The standard InChI is InChI=1S/C42H60O7.C40H52O4/c1-29(18-14-19-31(3)22-23-37-38(6,7)26-35(49-33(5)43)27-40(37,10)46)16-12-13-17-30(2)20-15-21-32(4)36(45)28-42(48)39(8,9)24-34(44)25-41(42,11)47;1-27(17-13-19-29(3)21-23-33-31(5)37(43)35(41)25-39(33,7)8)15-11-12-16-28(2)18-14-20-30(4)22-24-34-32(6)38(44)36(42)26-40(34,9)10/h12-22,34-35,44,46-48H,24-28H2,1-11H3;11-24,35-36,41-42H,25-26H2,1-10H3/b13-12+,18-14+,20-15+,29-16+,30-17+,31-19+,32-21+;12-11+,17-13+,18-14+,23-21+,24-22+,27-15+,28-16+,29-19+,30-20+. The zero-order valence-electron chi connectivity index (χ0n) is 59.9. The van der Waals surface area contributed by atoms with Crippen LogP contribution in [-0.2, 0) is 23.9 Å². The highest BCUT2D eigenvalue weighted by Crippen LogP contribution is 2.52. The Labute approximate surface area is 558 Å². The smallest absolute Gasteiger partial charge is 0.302 e. The molecule has 11 nitrogen and oxygen atoms in total. The minimum absolute atomic E-state index is 0.0198. The molecule has 0 bridgehead atoms. The third-order valence-corrected chi connectivity index (χ3v) is 18.2. The maximum Gasteiger partial charge on any atom is 0.302 e. The van der Waals surface area contributed by atoms with Crippen molar-refractivity contribution in [3.8, 4) is 0 Å². The number of hydrogen-bond donors (Lipinski definition) is 6. The Morgan fingerprint density at radius 3 is 1.22 bits per heavy atom. The number of Topliss-reactive ketones (excluding diaryl/α,β-unsaturated/α-hetero) is 3. The fourth-order valence-corrected chi connectivity index (χ4v) is 12.8. The van der Waals surface area contributed by atoms with Crippen molar-refractivity contribution < 1.29 is 54.6 Å². The van der Waals surface area contributed by atoms with Gasteiger partial charge in [0.15, 0.2) is 17.3 Å². The van der Waals surface area contributed by atoms with Crippen LogP contribution < -0.4 is 0 Å². The molecular formula is C82H112O11. The summed E-state index contributed by atoms with van der Waals surface area (Å²) in [6.45, 7) is 39.9. The van der Waals surface area contributed by atoms with Crippen molar-refractivity contribution in [1.82, 2.24) is 0 Å². The van der Waals surface area contributed by atoms with E-state index in [-0.39, 0.29) is 58.5 Å². The third kappa shape index (κ3) is 24.4. The number of carbonyl (C=O) groups is 4. The van der Waals surface area contributed by atoms with Crippen molar-refractivity contribution >= 4 is 23.3 Å². The summed E-state index contributed by atoms with van der Waals surface area (Å²) in [4.78, 5) is 48.9. The molecule has 0 radical (unpaired) electrons. The van der Waals surface area contributed by atoms with Gasteiger partial charge in [0, 0.05) is 31.8 Å². The molecule has 0 heterocycles. The van der Waals surface area contributed by atoms with Gasteiger partial charge in [0.1, 0.15) is 23.9 Å². The van der Waals surface area contributed by atoms with E-state index in [2.05, 4.69) is 71.6 Å². The van der Waals surface area contributed by atoms with Crippen molar-refractivity contribution in [3.63, 3.8) is 0 Å². The molecule has 0 aliphatic heterocycles. The molecule has 4 rings (SSSR count). The van der Waals surface area contributed by atoms with Crippen LogP contribution in [0.3, 0.4) is 0 Å². The Bertz CT molecular complexity index is 3260. The monoisotopic (exact) mass is 1270 g/mol. The first-order chi connectivity index (χ1) is 42.9. The van der Waals surface area contributed by atoms with Gasteiger partial charge in [0.25, 0.3) is 0 Å². The van der Waals surface area contributed by atoms with Crippen molar-refractivity contribution in [2.45, 2.75) is 232 Å². The molecule has 4 aliphatic carbocycles. The highest BCUT2D eigenvalue weighted by atomic mass is 16.5. The van der Waals surface area contributed by atoms with Crippen LogP contribution in [0.5, 0.6) is 0 Å². The molecule has 0 amide bonds. The highest BCUT2D eigenvalue weighted by molar-refractivity contribution is 6.01. The predicted molar refractivity (Wildman–Crippen MR) is 382 cm³/mol. The molecule has 2 saturated carbocycles. The van der Waals surface area contributed by atoms with Gasteiger partial charge in [-0.05, 0) is 170 Å². The summed E-state index contributed by atoms with van der Waals surface area (Å²) in [5.41, 5.74) is 9.23. The lowest BCUT2D eigenvalue weighted by Crippen LogP contribution is -2.66. The van der Waals surface area contributed by atoms with Gasteiger partial charge in [0.2, 0.25) is 0 Å². The van der Waals surface area contributed by atoms with Gasteiger partial charge in [-0.15, -0.1) is 5.73 Å². The first-order valence-corrected chi connectivity index (χ1v) is 32.6. The van der Waals surface area contributed by atoms with E-state index in [1.165, 1.54) is 13.8 Å². The summed E-state index contributed by atoms with van der Waals surface area (Å²) in [5, 5.41) is 63.7. The molecule has 4 aliphatic rings. The molecule has 11 heteroatoms. The molecule has 7 unspecified atom stereocenters. The van der Waals surface area contributed by atoms with E-state index in [0.717, 1.165) is 55.7 Å². The Kier molecular flexibility index (Phi) is 29.8. The number of ketones is 3. The molecule has 0 aromatic heterocycles. The van der Waals surface area contributed by atoms with Gasteiger partial charge in [-0.25, -0.2) is 0 Å². The van der Waals surface area contributed by atoms with Gasteiger partial charge >= 0.3 is 5.97 Å². The first-order valence-electron chi connectivity index (χ1n) is 32.6. The maximum absolute atomic E-state index is 13.0. The minimum Gasteiger partial charge on any atom is -0.462 e. The zero-order valence-corrected chi connectivity index (χ0v) is 59.9. The minimum atomic E-state index is -1.66. The van der Waals surface area contributed by atoms with Gasteiger partial charge in [-0.1, -0.05) is 235 Å². The Morgan fingerprint density at radius 1 is 0.473 bits per heavy atom. The van der Waals surface area contributed by atoms with Crippen LogP contribution >= 0.6 is 0 Å². The molecular weight excluding hydrogens is 1160 g/mol. The Hall–Kier alpha value is -6.92. The van der Waals surface area contributed by atoms with E-state index >= 15 is 0 Å².